The van der Waals surface area contributed by atoms with Gasteiger partial charge in [0.2, 0.25) is 0 Å². The average molecular weight is 337 g/mol. The maximum Gasteiger partial charge on any atom is 0.300 e. The summed E-state index contributed by atoms with van der Waals surface area (Å²) in [4.78, 5) is 32.0. The molecule has 0 spiro atoms. The zero-order valence-corrected chi connectivity index (χ0v) is 12.1. The van der Waals surface area contributed by atoms with Gasteiger partial charge < -0.3 is 0 Å². The van der Waals surface area contributed by atoms with Crippen LogP contribution in [0.15, 0.2) is 42.5 Å². The minimum Gasteiger partial charge on any atom is -0.292 e. The number of nitrogens with one attached hydrogen (secondary N) is 2. The van der Waals surface area contributed by atoms with Crippen molar-refractivity contribution in [1.82, 2.24) is 5.43 Å². The number of hydrazine groups is 1. The van der Waals surface area contributed by atoms with Crippen LogP contribution in [-0.2, 0) is 0 Å². The molecule has 0 unspecified atom stereocenters. The van der Waals surface area contributed by atoms with Crippen LogP contribution in [-0.4, -0.2) is 15.8 Å². The molecule has 118 valence electrons. The topological polar surface area (TPSA) is 127 Å². The molecule has 0 saturated heterocycles. The summed E-state index contributed by atoms with van der Waals surface area (Å²) >= 11 is 5.77. The van der Waals surface area contributed by atoms with Crippen LogP contribution in [0, 0.1) is 20.2 Å². The van der Waals surface area contributed by atoms with Gasteiger partial charge in [0.05, 0.1) is 15.9 Å². The third-order valence-electron chi connectivity index (χ3n) is 2.79. The van der Waals surface area contributed by atoms with Crippen molar-refractivity contribution in [3.8, 4) is 0 Å². The van der Waals surface area contributed by atoms with Crippen LogP contribution in [0.25, 0.3) is 0 Å². The van der Waals surface area contributed by atoms with Gasteiger partial charge >= 0.3 is 5.69 Å². The van der Waals surface area contributed by atoms with Crippen molar-refractivity contribution < 1.29 is 14.6 Å². The largest absolute Gasteiger partial charge is 0.300 e. The fraction of sp³-hybridized carbons (Fsp3) is 0. The molecule has 2 rings (SSSR count). The van der Waals surface area contributed by atoms with Gasteiger partial charge in [0.15, 0.2) is 0 Å². The maximum atomic E-state index is 11.9. The molecule has 0 atom stereocenters. The van der Waals surface area contributed by atoms with Crippen LogP contribution in [0.4, 0.5) is 17.1 Å². The Balaban J connectivity index is 2.18. The minimum atomic E-state index is -0.791. The first-order valence-corrected chi connectivity index (χ1v) is 6.51. The number of benzene rings is 2. The molecule has 0 aliphatic carbocycles. The standard InChI is InChI=1S/C13H9ClN4O5/c14-9-3-1-2-8(6-9)13(19)16-15-11-5-4-10(17(20)21)7-12(11)18(22)23/h1-7,15H,(H,16,19). The van der Waals surface area contributed by atoms with Crippen LogP contribution in [0.2, 0.25) is 5.02 Å². The first kappa shape index (κ1) is 16.2. The van der Waals surface area contributed by atoms with Gasteiger partial charge in [-0.15, -0.1) is 0 Å². The number of nitrogens with zero attached hydrogens (tertiary/aromatic N) is 2. The van der Waals surface area contributed by atoms with Gasteiger partial charge in [-0.2, -0.15) is 0 Å². The molecular formula is C13H9ClN4O5. The number of carbonyl (C=O) groups is 1. The van der Waals surface area contributed by atoms with E-state index in [1.165, 1.54) is 12.1 Å². The van der Waals surface area contributed by atoms with Crippen LogP contribution in [0.1, 0.15) is 10.4 Å². The molecule has 2 N–H and O–H groups in total. The van der Waals surface area contributed by atoms with Crippen LogP contribution >= 0.6 is 11.6 Å². The first-order chi connectivity index (χ1) is 10.9. The molecule has 0 bridgehead atoms. The lowest BCUT2D eigenvalue weighted by Crippen LogP contribution is -2.29. The number of hydrogen-bond acceptors (Lipinski definition) is 6. The van der Waals surface area contributed by atoms with E-state index in [1.807, 2.05) is 0 Å². The van der Waals surface area contributed by atoms with Gasteiger partial charge in [0, 0.05) is 16.7 Å². The molecule has 9 nitrogen and oxygen atoms in total. The number of non-ortho nitro benzene ring substituents is 1. The third kappa shape index (κ3) is 3.92. The van der Waals surface area contributed by atoms with E-state index < -0.39 is 27.1 Å². The Morgan fingerprint density at radius 2 is 1.78 bits per heavy atom. The molecule has 0 aliphatic rings. The van der Waals surface area contributed by atoms with E-state index in [4.69, 9.17) is 11.6 Å². The predicted molar refractivity (Wildman–Crippen MR) is 82.3 cm³/mol. The normalized spacial score (nSPS) is 9.96. The second kappa shape index (κ2) is 6.71. The Labute approximate surface area is 134 Å². The molecule has 0 heterocycles. The van der Waals surface area contributed by atoms with Gasteiger partial charge in [0.25, 0.3) is 11.6 Å². The molecule has 0 saturated carbocycles. The van der Waals surface area contributed by atoms with Crippen molar-refractivity contribution in [1.29, 1.82) is 0 Å². The summed E-state index contributed by atoms with van der Waals surface area (Å²) in [6.45, 7) is 0. The van der Waals surface area contributed by atoms with E-state index in [2.05, 4.69) is 10.9 Å². The van der Waals surface area contributed by atoms with Gasteiger partial charge in [-0.05, 0) is 24.3 Å². The number of amides is 1. The molecule has 0 aromatic heterocycles. The number of anilines is 1. The number of nitro benzene ring substituents is 2. The van der Waals surface area contributed by atoms with E-state index in [9.17, 15) is 25.0 Å². The number of nitro groups is 2. The van der Waals surface area contributed by atoms with Crippen LogP contribution in [0.3, 0.4) is 0 Å². The summed E-state index contributed by atoms with van der Waals surface area (Å²) in [6, 6.07) is 9.11. The van der Waals surface area contributed by atoms with E-state index >= 15 is 0 Å². The van der Waals surface area contributed by atoms with Crippen LogP contribution < -0.4 is 10.9 Å². The molecule has 2 aromatic carbocycles. The van der Waals surface area contributed by atoms with Crippen molar-refractivity contribution in [2.75, 3.05) is 5.43 Å². The molecule has 0 aliphatic heterocycles. The lowest BCUT2D eigenvalue weighted by atomic mass is 10.2. The summed E-state index contributed by atoms with van der Waals surface area (Å²) < 4.78 is 0. The van der Waals surface area contributed by atoms with Gasteiger partial charge in [-0.25, -0.2) is 0 Å². The van der Waals surface area contributed by atoms with Gasteiger partial charge in [-0.3, -0.25) is 35.9 Å². The van der Waals surface area contributed by atoms with Crippen molar-refractivity contribution >= 4 is 34.6 Å². The Kier molecular flexibility index (Phi) is 4.72. The van der Waals surface area contributed by atoms with E-state index in [-0.39, 0.29) is 11.3 Å². The summed E-state index contributed by atoms with van der Waals surface area (Å²) in [7, 11) is 0. The Bertz CT molecular complexity index is 796. The van der Waals surface area contributed by atoms with Crippen LogP contribution in [0.5, 0.6) is 0 Å². The number of rotatable bonds is 5. The van der Waals surface area contributed by atoms with Crippen molar-refractivity contribution in [3.05, 3.63) is 73.3 Å². The Morgan fingerprint density at radius 1 is 1.04 bits per heavy atom. The van der Waals surface area contributed by atoms with Gasteiger partial charge in [0.1, 0.15) is 5.69 Å². The molecule has 23 heavy (non-hydrogen) atoms. The predicted octanol–water partition coefficient (Wildman–Crippen LogP) is 2.91. The summed E-state index contributed by atoms with van der Waals surface area (Å²) in [5, 5.41) is 22.0. The van der Waals surface area contributed by atoms with Crippen molar-refractivity contribution in [3.63, 3.8) is 0 Å². The summed E-state index contributed by atoms with van der Waals surface area (Å²) in [5.41, 5.74) is 3.83. The monoisotopic (exact) mass is 336 g/mol. The highest BCUT2D eigenvalue weighted by Crippen LogP contribution is 2.28. The average Bonchev–Trinajstić information content (AvgIpc) is 2.52. The minimum absolute atomic E-state index is 0.0871. The highest BCUT2D eigenvalue weighted by Gasteiger charge is 2.19. The zero-order chi connectivity index (χ0) is 17.0. The molecular weight excluding hydrogens is 328 g/mol. The highest BCUT2D eigenvalue weighted by molar-refractivity contribution is 6.30. The molecule has 0 fully saturated rings. The lowest BCUT2D eigenvalue weighted by molar-refractivity contribution is -0.393. The first-order valence-electron chi connectivity index (χ1n) is 6.13. The van der Waals surface area contributed by atoms with Crippen molar-refractivity contribution in [2.45, 2.75) is 0 Å². The fourth-order valence-electron chi connectivity index (χ4n) is 1.72. The van der Waals surface area contributed by atoms with Gasteiger partial charge in [-0.1, -0.05) is 17.7 Å². The molecule has 1 amide bonds. The smallest absolute Gasteiger partial charge is 0.292 e. The van der Waals surface area contributed by atoms with Crippen molar-refractivity contribution in [2.24, 2.45) is 0 Å². The fourth-order valence-corrected chi connectivity index (χ4v) is 1.91. The van der Waals surface area contributed by atoms with E-state index in [1.54, 1.807) is 12.1 Å². The summed E-state index contributed by atoms with van der Waals surface area (Å²) in [6.07, 6.45) is 0. The number of halogens is 1. The molecule has 2 aromatic rings. The lowest BCUT2D eigenvalue weighted by Gasteiger charge is -2.09. The Morgan fingerprint density at radius 3 is 2.39 bits per heavy atom. The number of hydrogen-bond donors (Lipinski definition) is 2. The Hall–Kier alpha value is -3.20. The van der Waals surface area contributed by atoms with E-state index in [0.29, 0.717) is 5.02 Å². The second-order valence-corrected chi connectivity index (χ2v) is 4.74. The highest BCUT2D eigenvalue weighted by atomic mass is 35.5. The summed E-state index contributed by atoms with van der Waals surface area (Å²) in [5.74, 6) is -0.569. The zero-order valence-electron chi connectivity index (χ0n) is 11.4. The molecule has 0 radical (unpaired) electrons. The quantitative estimate of drug-likeness (QED) is 0.638. The SMILES string of the molecule is O=C(NNc1ccc([N+](=O)[O-])cc1[N+](=O)[O-])c1cccc(Cl)c1. The second-order valence-electron chi connectivity index (χ2n) is 4.31. The number of carbonyl (C=O) groups excluding carboxylic acids is 1. The maximum absolute atomic E-state index is 11.9. The van der Waals surface area contributed by atoms with E-state index in [0.717, 1.165) is 18.2 Å². The molecule has 10 heteroatoms. The third-order valence-corrected chi connectivity index (χ3v) is 3.02.